The lowest BCUT2D eigenvalue weighted by Crippen LogP contribution is -2.51. The van der Waals surface area contributed by atoms with Crippen LogP contribution in [0.5, 0.6) is 5.88 Å². The van der Waals surface area contributed by atoms with Gasteiger partial charge in [0.05, 0.1) is 22.8 Å². The fraction of sp³-hybridized carbons (Fsp3) is 0.333. The molecule has 1 aliphatic carbocycles. The van der Waals surface area contributed by atoms with Crippen LogP contribution in [-0.2, 0) is 27.5 Å². The van der Waals surface area contributed by atoms with Crippen LogP contribution < -0.4 is 10.1 Å². The zero-order valence-electron chi connectivity index (χ0n) is 21.3. The van der Waals surface area contributed by atoms with E-state index in [1.54, 1.807) is 26.0 Å². The molecule has 1 saturated carbocycles. The number of hydrogen-bond donors (Lipinski definition) is 1. The molecule has 1 aliphatic rings. The Balaban J connectivity index is 1.55. The van der Waals surface area contributed by atoms with Crippen LogP contribution in [0.15, 0.2) is 65.6 Å². The normalized spacial score (nSPS) is 14.7. The maximum Gasteiger partial charge on any atom is 0.416 e. The minimum absolute atomic E-state index is 0.00492. The van der Waals surface area contributed by atoms with Gasteiger partial charge in [0, 0.05) is 24.7 Å². The van der Waals surface area contributed by atoms with Crippen LogP contribution in [-0.4, -0.2) is 42.3 Å². The van der Waals surface area contributed by atoms with Crippen LogP contribution in [0.4, 0.5) is 17.6 Å². The average molecular weight is 566 g/mol. The summed E-state index contributed by atoms with van der Waals surface area (Å²) in [7, 11) is -4.07. The van der Waals surface area contributed by atoms with Gasteiger partial charge in [-0.3, -0.25) is 4.79 Å². The molecule has 1 aromatic heterocycles. The fourth-order valence-corrected chi connectivity index (χ4v) is 6.15. The Labute approximate surface area is 223 Å². The first kappa shape index (κ1) is 28.5. The molecular weight excluding hydrogens is 538 g/mol. The number of hydrogen-bond acceptors (Lipinski definition) is 5. The number of rotatable bonds is 10. The average Bonchev–Trinajstić information content (AvgIpc) is 3.69. The predicted molar refractivity (Wildman–Crippen MR) is 136 cm³/mol. The van der Waals surface area contributed by atoms with Crippen molar-refractivity contribution in [3.05, 3.63) is 77.6 Å². The number of halogens is 4. The summed E-state index contributed by atoms with van der Waals surface area (Å²) in [6, 6.07) is 12.2. The number of pyridine rings is 1. The zero-order valence-corrected chi connectivity index (χ0v) is 22.1. The summed E-state index contributed by atoms with van der Waals surface area (Å²) in [5.74, 6) is -0.828. The highest BCUT2D eigenvalue weighted by Crippen LogP contribution is 2.45. The van der Waals surface area contributed by atoms with Gasteiger partial charge in [0.25, 0.3) is 0 Å². The second-order valence-electron chi connectivity index (χ2n) is 9.04. The molecule has 2 aromatic carbocycles. The zero-order chi connectivity index (χ0) is 28.4. The Morgan fingerprint density at radius 3 is 2.23 bits per heavy atom. The Morgan fingerprint density at radius 1 is 1.05 bits per heavy atom. The monoisotopic (exact) mass is 565 g/mol. The van der Waals surface area contributed by atoms with Crippen LogP contribution in [0.3, 0.4) is 0 Å². The van der Waals surface area contributed by atoms with Crippen LogP contribution in [0, 0.1) is 5.82 Å². The van der Waals surface area contributed by atoms with Crippen molar-refractivity contribution in [1.82, 2.24) is 14.6 Å². The van der Waals surface area contributed by atoms with Crippen molar-refractivity contribution < 1.29 is 35.5 Å². The molecule has 0 bridgehead atoms. The Morgan fingerprint density at radius 2 is 1.69 bits per heavy atom. The highest BCUT2D eigenvalue weighted by molar-refractivity contribution is 7.89. The number of carbonyl (C=O) groups is 1. The number of amides is 1. The molecule has 1 heterocycles. The van der Waals surface area contributed by atoms with E-state index in [0.29, 0.717) is 36.3 Å². The highest BCUT2D eigenvalue weighted by Gasteiger charge is 2.58. The van der Waals surface area contributed by atoms with E-state index in [0.717, 1.165) is 40.7 Å². The van der Waals surface area contributed by atoms with Gasteiger partial charge in [0.15, 0.2) is 0 Å². The van der Waals surface area contributed by atoms with E-state index in [-0.39, 0.29) is 23.9 Å². The van der Waals surface area contributed by atoms with E-state index in [1.165, 1.54) is 12.1 Å². The molecule has 208 valence electrons. The molecule has 7 nitrogen and oxygen atoms in total. The molecule has 3 aromatic rings. The van der Waals surface area contributed by atoms with Gasteiger partial charge in [0.1, 0.15) is 11.4 Å². The van der Waals surface area contributed by atoms with E-state index in [2.05, 4.69) is 10.3 Å². The summed E-state index contributed by atoms with van der Waals surface area (Å²) in [4.78, 5) is 17.5. The largest absolute Gasteiger partial charge is 0.478 e. The van der Waals surface area contributed by atoms with Gasteiger partial charge >= 0.3 is 6.18 Å². The molecule has 0 saturated heterocycles. The van der Waals surface area contributed by atoms with Gasteiger partial charge in [-0.05, 0) is 67.8 Å². The Kier molecular flexibility index (Phi) is 7.99. The van der Waals surface area contributed by atoms with Crippen LogP contribution in [0.1, 0.15) is 37.8 Å². The number of ether oxygens (including phenoxy) is 1. The van der Waals surface area contributed by atoms with E-state index < -0.39 is 39.0 Å². The number of likely N-dealkylation sites (N-methyl/N-ethyl adjacent to an activating group) is 1. The molecule has 1 N–H and O–H groups in total. The molecule has 1 amide bonds. The van der Waals surface area contributed by atoms with E-state index in [1.807, 2.05) is 0 Å². The molecule has 4 rings (SSSR count). The first-order valence-electron chi connectivity index (χ1n) is 12.3. The SMILES string of the molecule is CCOc1cc(CNC(=O)C2(N(CC)S(=O)(=O)c3ccc(F)cc3)CC2)cc(-c2ccc(C(F)(F)F)cc2)n1. The van der Waals surface area contributed by atoms with Crippen LogP contribution in [0.25, 0.3) is 11.3 Å². The second-order valence-corrected chi connectivity index (χ2v) is 10.9. The summed E-state index contributed by atoms with van der Waals surface area (Å²) in [5.41, 5.74) is -0.705. The standard InChI is InChI=1S/C27H27F4N3O4S/c1-3-34(39(36,37)22-11-9-21(28)10-12-22)26(13-14-26)25(35)32-17-18-15-23(33-24(16-18)38-4-2)19-5-7-20(8-6-19)27(29,30)31/h5-12,15-16H,3-4,13-14,17H2,1-2H3,(H,32,35). The van der Waals surface area contributed by atoms with Gasteiger partial charge in [-0.25, -0.2) is 17.8 Å². The third-order valence-corrected chi connectivity index (χ3v) is 8.48. The fourth-order valence-electron chi connectivity index (χ4n) is 4.35. The number of alkyl halides is 3. The molecule has 0 aliphatic heterocycles. The molecular formula is C27H27F4N3O4S. The lowest BCUT2D eigenvalue weighted by Gasteiger charge is -2.29. The second kappa shape index (κ2) is 10.9. The number of sulfonamides is 1. The minimum atomic E-state index is -4.47. The predicted octanol–water partition coefficient (Wildman–Crippen LogP) is 5.16. The van der Waals surface area contributed by atoms with Crippen molar-refractivity contribution in [2.45, 2.75) is 49.8 Å². The number of carbonyl (C=O) groups excluding carboxylic acids is 1. The maximum atomic E-state index is 13.3. The summed E-state index contributed by atoms with van der Waals surface area (Å²) in [5, 5.41) is 2.79. The van der Waals surface area contributed by atoms with Crippen LogP contribution >= 0.6 is 0 Å². The first-order valence-corrected chi connectivity index (χ1v) is 13.7. The van der Waals surface area contributed by atoms with Crippen LogP contribution in [0.2, 0.25) is 0 Å². The van der Waals surface area contributed by atoms with Crippen molar-refractivity contribution in [3.63, 3.8) is 0 Å². The molecule has 39 heavy (non-hydrogen) atoms. The quantitative estimate of drug-likeness (QED) is 0.343. The number of nitrogens with zero attached hydrogens (tertiary/aromatic N) is 2. The molecule has 1 fully saturated rings. The molecule has 0 unspecified atom stereocenters. The van der Waals surface area contributed by atoms with Crippen molar-refractivity contribution in [2.75, 3.05) is 13.2 Å². The molecule has 0 atom stereocenters. The van der Waals surface area contributed by atoms with Gasteiger partial charge in [0.2, 0.25) is 21.8 Å². The minimum Gasteiger partial charge on any atom is -0.478 e. The Bertz CT molecular complexity index is 1440. The van der Waals surface area contributed by atoms with Crippen molar-refractivity contribution in [2.24, 2.45) is 0 Å². The number of aromatic nitrogens is 1. The molecule has 0 spiro atoms. The highest BCUT2D eigenvalue weighted by atomic mass is 32.2. The maximum absolute atomic E-state index is 13.3. The van der Waals surface area contributed by atoms with E-state index >= 15 is 0 Å². The van der Waals surface area contributed by atoms with Crippen molar-refractivity contribution in [1.29, 1.82) is 0 Å². The van der Waals surface area contributed by atoms with Gasteiger partial charge in [-0.2, -0.15) is 17.5 Å². The lowest BCUT2D eigenvalue weighted by molar-refractivity contribution is -0.137. The summed E-state index contributed by atoms with van der Waals surface area (Å²) >= 11 is 0. The van der Waals surface area contributed by atoms with E-state index in [9.17, 15) is 30.8 Å². The topological polar surface area (TPSA) is 88.6 Å². The molecule has 0 radical (unpaired) electrons. The third-order valence-electron chi connectivity index (χ3n) is 6.43. The number of benzene rings is 2. The first-order chi connectivity index (χ1) is 18.4. The van der Waals surface area contributed by atoms with Gasteiger partial charge in [-0.1, -0.05) is 19.1 Å². The van der Waals surface area contributed by atoms with Gasteiger partial charge < -0.3 is 10.1 Å². The third kappa shape index (κ3) is 6.06. The summed E-state index contributed by atoms with van der Waals surface area (Å²) in [6.07, 6.45) is -3.82. The smallest absolute Gasteiger partial charge is 0.416 e. The Hall–Kier alpha value is -3.51. The lowest BCUT2D eigenvalue weighted by atomic mass is 10.1. The van der Waals surface area contributed by atoms with E-state index in [4.69, 9.17) is 4.74 Å². The summed E-state index contributed by atoms with van der Waals surface area (Å²) < 4.78 is 85.4. The van der Waals surface area contributed by atoms with Crippen molar-refractivity contribution >= 4 is 15.9 Å². The summed E-state index contributed by atoms with van der Waals surface area (Å²) in [6.45, 7) is 3.72. The number of nitrogens with one attached hydrogen (secondary N) is 1. The molecule has 12 heteroatoms. The van der Waals surface area contributed by atoms with Gasteiger partial charge in [-0.15, -0.1) is 0 Å². The van der Waals surface area contributed by atoms with Crippen molar-refractivity contribution in [3.8, 4) is 17.1 Å².